The van der Waals surface area contributed by atoms with E-state index in [2.05, 4.69) is 195 Å². The molecule has 1 nitrogen and oxygen atoms in total. The quantitative estimate of drug-likeness (QED) is 0.176. The van der Waals surface area contributed by atoms with Gasteiger partial charge in [0.1, 0.15) is 0 Å². The molecule has 0 atom stereocenters. The Balaban J connectivity index is 1.17. The van der Waals surface area contributed by atoms with Gasteiger partial charge in [0.15, 0.2) is 0 Å². The Bertz CT molecular complexity index is 2780. The number of hydrogen-bond donors (Lipinski definition) is 0. The summed E-state index contributed by atoms with van der Waals surface area (Å²) in [5.74, 6) is 0. The van der Waals surface area contributed by atoms with Gasteiger partial charge in [-0.3, -0.25) is 0 Å². The monoisotopic (exact) mass is 669 g/mol. The molecule has 0 unspecified atom stereocenters. The van der Waals surface area contributed by atoms with Gasteiger partial charge in [0.05, 0.1) is 5.69 Å². The third kappa shape index (κ3) is 4.67. The predicted molar refractivity (Wildman–Crippen MR) is 220 cm³/mol. The number of anilines is 3. The first-order valence-electron chi connectivity index (χ1n) is 17.7. The van der Waals surface area contributed by atoms with Crippen LogP contribution in [0.2, 0.25) is 0 Å². The van der Waals surface area contributed by atoms with Crippen molar-refractivity contribution in [1.82, 2.24) is 0 Å². The molecule has 0 N–H and O–H groups in total. The van der Waals surface area contributed by atoms with Crippen LogP contribution in [0.3, 0.4) is 0 Å². The molecule has 0 radical (unpaired) electrons. The van der Waals surface area contributed by atoms with Gasteiger partial charge in [-0.25, -0.2) is 0 Å². The number of hydrogen-bond acceptors (Lipinski definition) is 2. The Morgan fingerprint density at radius 3 is 2.00 bits per heavy atom. The zero-order valence-electron chi connectivity index (χ0n) is 28.6. The molecule has 0 spiro atoms. The number of benzene rings is 8. The summed E-state index contributed by atoms with van der Waals surface area (Å²) in [6.07, 6.45) is 0. The van der Waals surface area contributed by atoms with Crippen molar-refractivity contribution in [3.8, 4) is 33.4 Å². The van der Waals surface area contributed by atoms with E-state index in [-0.39, 0.29) is 5.41 Å². The highest BCUT2D eigenvalue weighted by Crippen LogP contribution is 2.54. The molecule has 1 aromatic heterocycles. The molecule has 10 rings (SSSR count). The average Bonchev–Trinajstić information content (AvgIpc) is 3.68. The van der Waals surface area contributed by atoms with Gasteiger partial charge in [-0.1, -0.05) is 147 Å². The SMILES string of the molecule is CC1(C)c2ccccc2-c2cccc(N(c3ccc(-c4cccc5sc6ccccc6c45)cc3)c3cccc(-c4cccc5ccccc45)c3)c21. The number of nitrogens with zero attached hydrogens (tertiary/aromatic N) is 1. The largest absolute Gasteiger partial charge is 0.310 e. The molecule has 9 aromatic rings. The lowest BCUT2D eigenvalue weighted by molar-refractivity contribution is 0.661. The summed E-state index contributed by atoms with van der Waals surface area (Å²) in [5, 5.41) is 5.18. The molecule has 1 heterocycles. The van der Waals surface area contributed by atoms with E-state index in [1.807, 2.05) is 11.3 Å². The Morgan fingerprint density at radius 2 is 1.10 bits per heavy atom. The second kappa shape index (κ2) is 11.6. The first-order valence-corrected chi connectivity index (χ1v) is 18.5. The number of rotatable bonds is 5. The van der Waals surface area contributed by atoms with Gasteiger partial charge in [0.2, 0.25) is 0 Å². The molecule has 1 aliphatic carbocycles. The first kappa shape index (κ1) is 29.9. The smallest absolute Gasteiger partial charge is 0.0508 e. The van der Waals surface area contributed by atoms with Crippen molar-refractivity contribution >= 4 is 59.3 Å². The van der Waals surface area contributed by atoms with Crippen LogP contribution in [-0.4, -0.2) is 0 Å². The molecule has 51 heavy (non-hydrogen) atoms. The van der Waals surface area contributed by atoms with E-state index in [0.717, 1.165) is 11.4 Å². The Morgan fingerprint density at radius 1 is 0.451 bits per heavy atom. The minimum Gasteiger partial charge on any atom is -0.310 e. The highest BCUT2D eigenvalue weighted by atomic mass is 32.1. The van der Waals surface area contributed by atoms with Gasteiger partial charge in [-0.15, -0.1) is 11.3 Å². The molecule has 1 aliphatic rings. The highest BCUT2D eigenvalue weighted by Gasteiger charge is 2.38. The summed E-state index contributed by atoms with van der Waals surface area (Å²) in [6.45, 7) is 4.75. The molecule has 2 heteroatoms. The van der Waals surface area contributed by atoms with E-state index in [4.69, 9.17) is 0 Å². The number of fused-ring (bicyclic) bond motifs is 7. The maximum Gasteiger partial charge on any atom is 0.0508 e. The molecular weight excluding hydrogens is 635 g/mol. The predicted octanol–water partition coefficient (Wildman–Crippen LogP) is 14.3. The van der Waals surface area contributed by atoms with Crippen LogP contribution in [0.1, 0.15) is 25.0 Å². The maximum atomic E-state index is 2.48. The van der Waals surface area contributed by atoms with Gasteiger partial charge >= 0.3 is 0 Å². The fraction of sp³-hybridized carbons (Fsp3) is 0.0612. The third-order valence-corrected chi connectivity index (χ3v) is 12.0. The molecule has 0 amide bonds. The Kier molecular flexibility index (Phi) is 6.78. The van der Waals surface area contributed by atoms with E-state index in [1.165, 1.54) is 81.1 Å². The van der Waals surface area contributed by atoms with Crippen LogP contribution in [0.15, 0.2) is 176 Å². The van der Waals surface area contributed by atoms with E-state index in [1.54, 1.807) is 0 Å². The summed E-state index contributed by atoms with van der Waals surface area (Å²) < 4.78 is 2.65. The molecule has 242 valence electrons. The minimum atomic E-state index is -0.163. The van der Waals surface area contributed by atoms with Crippen LogP contribution < -0.4 is 4.90 Å². The summed E-state index contributed by atoms with van der Waals surface area (Å²) in [6, 6.07) is 64.8. The highest BCUT2D eigenvalue weighted by molar-refractivity contribution is 7.25. The van der Waals surface area contributed by atoms with Gasteiger partial charge in [-0.05, 0) is 97.7 Å². The zero-order valence-corrected chi connectivity index (χ0v) is 29.4. The summed E-state index contributed by atoms with van der Waals surface area (Å²) in [7, 11) is 0. The van der Waals surface area contributed by atoms with Crippen molar-refractivity contribution in [2.24, 2.45) is 0 Å². The molecule has 0 aliphatic heterocycles. The minimum absolute atomic E-state index is 0.163. The van der Waals surface area contributed by atoms with Crippen LogP contribution in [0, 0.1) is 0 Å². The Labute approximate surface area is 302 Å². The van der Waals surface area contributed by atoms with Crippen LogP contribution in [0.25, 0.3) is 64.3 Å². The molecule has 0 saturated heterocycles. The topological polar surface area (TPSA) is 3.24 Å². The van der Waals surface area contributed by atoms with Crippen LogP contribution >= 0.6 is 11.3 Å². The van der Waals surface area contributed by atoms with E-state index >= 15 is 0 Å². The lowest BCUT2D eigenvalue weighted by atomic mass is 9.81. The van der Waals surface area contributed by atoms with Crippen molar-refractivity contribution < 1.29 is 0 Å². The van der Waals surface area contributed by atoms with E-state index in [9.17, 15) is 0 Å². The first-order chi connectivity index (χ1) is 25.1. The van der Waals surface area contributed by atoms with Crippen molar-refractivity contribution in [2.75, 3.05) is 4.90 Å². The van der Waals surface area contributed by atoms with Gasteiger partial charge in [0, 0.05) is 37.0 Å². The van der Waals surface area contributed by atoms with Crippen LogP contribution in [0.5, 0.6) is 0 Å². The zero-order chi connectivity index (χ0) is 34.1. The van der Waals surface area contributed by atoms with Crippen LogP contribution in [0.4, 0.5) is 17.1 Å². The van der Waals surface area contributed by atoms with E-state index < -0.39 is 0 Å². The van der Waals surface area contributed by atoms with E-state index in [0.29, 0.717) is 0 Å². The summed E-state index contributed by atoms with van der Waals surface area (Å²) >= 11 is 1.87. The molecule has 0 bridgehead atoms. The van der Waals surface area contributed by atoms with Gasteiger partial charge in [0.25, 0.3) is 0 Å². The number of thiophene rings is 1. The fourth-order valence-electron chi connectivity index (χ4n) is 8.53. The molecule has 0 fully saturated rings. The fourth-order valence-corrected chi connectivity index (χ4v) is 9.66. The van der Waals surface area contributed by atoms with Gasteiger partial charge < -0.3 is 4.90 Å². The molecule has 8 aromatic carbocycles. The van der Waals surface area contributed by atoms with Gasteiger partial charge in [-0.2, -0.15) is 0 Å². The average molecular weight is 670 g/mol. The van der Waals surface area contributed by atoms with Crippen molar-refractivity contribution in [2.45, 2.75) is 19.3 Å². The van der Waals surface area contributed by atoms with Crippen molar-refractivity contribution in [3.05, 3.63) is 187 Å². The second-order valence-corrected chi connectivity index (χ2v) is 15.2. The summed E-state index contributed by atoms with van der Waals surface area (Å²) in [5.41, 5.74) is 13.7. The lowest BCUT2D eigenvalue weighted by Gasteiger charge is -2.32. The van der Waals surface area contributed by atoms with Crippen molar-refractivity contribution in [3.63, 3.8) is 0 Å². The molecular formula is C49H35NS. The summed E-state index contributed by atoms with van der Waals surface area (Å²) in [4.78, 5) is 2.48. The van der Waals surface area contributed by atoms with Crippen molar-refractivity contribution in [1.29, 1.82) is 0 Å². The molecule has 0 saturated carbocycles. The third-order valence-electron chi connectivity index (χ3n) is 10.8. The standard InChI is InChI=1S/C49H35NS/c1-49(2)43-23-7-5-18-40(43)41-22-11-24-44(48(41)49)50(36-16-9-15-34(31-36)38-20-10-14-32-13-3-4-17-37(32)38)35-29-27-33(28-30-35)39-21-12-26-46-47(39)42-19-6-8-25-45(42)51-46/h3-31H,1-2H3. The normalized spacial score (nSPS) is 13.1. The lowest BCUT2D eigenvalue weighted by Crippen LogP contribution is -2.20. The maximum absolute atomic E-state index is 2.48. The van der Waals surface area contributed by atoms with Crippen LogP contribution in [-0.2, 0) is 5.41 Å². The second-order valence-electron chi connectivity index (χ2n) is 14.1. The Hall–Kier alpha value is -5.96.